The first kappa shape index (κ1) is 14.0. The molecule has 0 aromatic carbocycles. The Morgan fingerprint density at radius 3 is 2.71 bits per heavy atom. The largest absolute Gasteiger partial charge is 0.481 e. The monoisotopic (exact) mass is 304 g/mol. The standard InChI is InChI=1S/C11H17BrN2O3/c1-7(12)6-13-11(17)14-9-4-2-3-8(5-9)10(15)16/h8-9H,1-6H2,(H,15,16)(H2,13,14,17). The Balaban J connectivity index is 2.33. The lowest BCUT2D eigenvalue weighted by Crippen LogP contribution is -2.45. The van der Waals surface area contributed by atoms with E-state index in [0.717, 1.165) is 12.8 Å². The third kappa shape index (κ3) is 5.21. The maximum Gasteiger partial charge on any atom is 0.315 e. The molecular weight excluding hydrogens is 288 g/mol. The molecule has 0 aromatic heterocycles. The van der Waals surface area contributed by atoms with Gasteiger partial charge in [-0.1, -0.05) is 28.9 Å². The molecule has 0 aliphatic heterocycles. The molecule has 3 N–H and O–H groups in total. The molecule has 2 unspecified atom stereocenters. The number of carboxylic acid groups (broad SMARTS) is 1. The number of aliphatic carboxylic acids is 1. The Morgan fingerprint density at radius 2 is 2.12 bits per heavy atom. The molecule has 1 aliphatic rings. The number of urea groups is 1. The summed E-state index contributed by atoms with van der Waals surface area (Å²) in [5, 5.41) is 14.3. The van der Waals surface area contributed by atoms with Gasteiger partial charge in [0.05, 0.1) is 12.5 Å². The van der Waals surface area contributed by atoms with E-state index in [4.69, 9.17) is 5.11 Å². The summed E-state index contributed by atoms with van der Waals surface area (Å²) in [4.78, 5) is 22.3. The number of amides is 2. The van der Waals surface area contributed by atoms with Gasteiger partial charge in [-0.05, 0) is 19.3 Å². The summed E-state index contributed by atoms with van der Waals surface area (Å²) in [5.41, 5.74) is 0. The van der Waals surface area contributed by atoms with E-state index in [9.17, 15) is 9.59 Å². The van der Waals surface area contributed by atoms with Gasteiger partial charge in [-0.15, -0.1) is 0 Å². The quantitative estimate of drug-likeness (QED) is 0.741. The molecule has 0 saturated heterocycles. The lowest BCUT2D eigenvalue weighted by molar-refractivity contribution is -0.143. The Kier molecular flexibility index (Phi) is 5.47. The zero-order valence-corrected chi connectivity index (χ0v) is 11.1. The Hall–Kier alpha value is -1.04. The molecule has 17 heavy (non-hydrogen) atoms. The SMILES string of the molecule is C=C(Br)CNC(=O)NC1CCCC(C(=O)O)C1. The number of nitrogens with one attached hydrogen (secondary N) is 2. The molecule has 0 aromatic rings. The first-order valence-corrected chi connectivity index (χ1v) is 6.38. The second-order valence-electron chi connectivity index (χ2n) is 4.24. The number of carbonyl (C=O) groups excluding carboxylic acids is 1. The third-order valence-electron chi connectivity index (χ3n) is 2.80. The van der Waals surface area contributed by atoms with E-state index >= 15 is 0 Å². The van der Waals surface area contributed by atoms with Crippen LogP contribution >= 0.6 is 15.9 Å². The van der Waals surface area contributed by atoms with Gasteiger partial charge in [0.15, 0.2) is 0 Å². The lowest BCUT2D eigenvalue weighted by atomic mass is 9.86. The molecular formula is C11H17BrN2O3. The van der Waals surface area contributed by atoms with Crippen molar-refractivity contribution in [1.82, 2.24) is 10.6 Å². The van der Waals surface area contributed by atoms with Crippen LogP contribution in [0.4, 0.5) is 4.79 Å². The Bertz CT molecular complexity index is 320. The van der Waals surface area contributed by atoms with Gasteiger partial charge in [-0.3, -0.25) is 4.79 Å². The fourth-order valence-electron chi connectivity index (χ4n) is 1.96. The molecule has 0 spiro atoms. The zero-order chi connectivity index (χ0) is 12.8. The molecule has 1 fully saturated rings. The maximum atomic E-state index is 11.5. The van der Waals surface area contributed by atoms with Crippen LogP contribution in [0.3, 0.4) is 0 Å². The number of carboxylic acids is 1. The van der Waals surface area contributed by atoms with Gasteiger partial charge in [-0.25, -0.2) is 4.79 Å². The topological polar surface area (TPSA) is 78.4 Å². The average molecular weight is 305 g/mol. The van der Waals surface area contributed by atoms with Crippen LogP contribution in [0.5, 0.6) is 0 Å². The molecule has 6 heteroatoms. The van der Waals surface area contributed by atoms with Gasteiger partial charge >= 0.3 is 12.0 Å². The third-order valence-corrected chi connectivity index (χ3v) is 3.08. The summed E-state index contributed by atoms with van der Waals surface area (Å²) in [7, 11) is 0. The van der Waals surface area contributed by atoms with E-state index in [0.29, 0.717) is 23.9 Å². The van der Waals surface area contributed by atoms with E-state index in [2.05, 4.69) is 33.1 Å². The molecule has 96 valence electrons. The maximum absolute atomic E-state index is 11.5. The minimum Gasteiger partial charge on any atom is -0.481 e. The van der Waals surface area contributed by atoms with Crippen LogP contribution in [0.2, 0.25) is 0 Å². The van der Waals surface area contributed by atoms with Crippen molar-refractivity contribution in [2.45, 2.75) is 31.7 Å². The van der Waals surface area contributed by atoms with Crippen LogP contribution in [0, 0.1) is 5.92 Å². The predicted octanol–water partition coefficient (Wildman–Crippen LogP) is 1.84. The van der Waals surface area contributed by atoms with Gasteiger partial charge < -0.3 is 15.7 Å². The first-order chi connectivity index (χ1) is 7.99. The Morgan fingerprint density at radius 1 is 1.41 bits per heavy atom. The van der Waals surface area contributed by atoms with Crippen LogP contribution in [-0.2, 0) is 4.79 Å². The van der Waals surface area contributed by atoms with Crippen molar-refractivity contribution < 1.29 is 14.7 Å². The van der Waals surface area contributed by atoms with Crippen LogP contribution in [0.15, 0.2) is 11.1 Å². The normalized spacial score (nSPS) is 23.8. The van der Waals surface area contributed by atoms with Crippen molar-refractivity contribution in [2.24, 2.45) is 5.92 Å². The second kappa shape index (κ2) is 6.64. The highest BCUT2D eigenvalue weighted by atomic mass is 79.9. The minimum atomic E-state index is -0.772. The van der Waals surface area contributed by atoms with Crippen molar-refractivity contribution in [3.63, 3.8) is 0 Å². The molecule has 2 atom stereocenters. The van der Waals surface area contributed by atoms with Gasteiger partial charge in [0.1, 0.15) is 0 Å². The summed E-state index contributed by atoms with van der Waals surface area (Å²) in [6.45, 7) is 3.97. The van der Waals surface area contributed by atoms with Crippen molar-refractivity contribution in [1.29, 1.82) is 0 Å². The smallest absolute Gasteiger partial charge is 0.315 e. The molecule has 2 amide bonds. The highest BCUT2D eigenvalue weighted by molar-refractivity contribution is 9.11. The van der Waals surface area contributed by atoms with Crippen molar-refractivity contribution in [2.75, 3.05) is 6.54 Å². The highest BCUT2D eigenvalue weighted by Gasteiger charge is 2.27. The summed E-state index contributed by atoms with van der Waals surface area (Å²) in [6, 6.07) is -0.324. The summed E-state index contributed by atoms with van der Waals surface area (Å²) in [5.74, 6) is -1.11. The second-order valence-corrected chi connectivity index (χ2v) is 5.36. The van der Waals surface area contributed by atoms with Crippen LogP contribution < -0.4 is 10.6 Å². The van der Waals surface area contributed by atoms with E-state index in [1.165, 1.54) is 0 Å². The number of hydrogen-bond acceptors (Lipinski definition) is 2. The molecule has 1 rings (SSSR count). The summed E-state index contributed by atoms with van der Waals surface area (Å²) in [6.07, 6.45) is 2.89. The molecule has 5 nitrogen and oxygen atoms in total. The van der Waals surface area contributed by atoms with E-state index < -0.39 is 5.97 Å². The van der Waals surface area contributed by atoms with Crippen molar-refractivity contribution >= 4 is 27.9 Å². The van der Waals surface area contributed by atoms with Gasteiger partial charge in [0.2, 0.25) is 0 Å². The highest BCUT2D eigenvalue weighted by Crippen LogP contribution is 2.24. The van der Waals surface area contributed by atoms with Gasteiger partial charge in [-0.2, -0.15) is 0 Å². The van der Waals surface area contributed by atoms with E-state index in [-0.39, 0.29) is 18.0 Å². The molecule has 0 radical (unpaired) electrons. The summed E-state index contributed by atoms with van der Waals surface area (Å²) < 4.78 is 0.694. The van der Waals surface area contributed by atoms with Gasteiger partial charge in [0.25, 0.3) is 0 Å². The number of halogens is 1. The lowest BCUT2D eigenvalue weighted by Gasteiger charge is -2.27. The summed E-state index contributed by atoms with van der Waals surface area (Å²) >= 11 is 3.14. The predicted molar refractivity (Wildman–Crippen MR) is 68.0 cm³/mol. The zero-order valence-electron chi connectivity index (χ0n) is 9.54. The average Bonchev–Trinajstić information content (AvgIpc) is 2.26. The molecule has 0 heterocycles. The van der Waals surface area contributed by atoms with Gasteiger partial charge in [0, 0.05) is 10.5 Å². The van der Waals surface area contributed by atoms with E-state index in [1.54, 1.807) is 0 Å². The van der Waals surface area contributed by atoms with Crippen LogP contribution in [0.25, 0.3) is 0 Å². The molecule has 1 saturated carbocycles. The first-order valence-electron chi connectivity index (χ1n) is 5.59. The van der Waals surface area contributed by atoms with Crippen LogP contribution in [0.1, 0.15) is 25.7 Å². The van der Waals surface area contributed by atoms with Crippen molar-refractivity contribution in [3.8, 4) is 0 Å². The fraction of sp³-hybridized carbons (Fsp3) is 0.636. The molecule has 0 bridgehead atoms. The fourth-order valence-corrected chi connectivity index (χ4v) is 2.10. The number of carbonyl (C=O) groups is 2. The van der Waals surface area contributed by atoms with Crippen LogP contribution in [-0.4, -0.2) is 29.7 Å². The number of rotatable bonds is 4. The Labute approximate surface area is 109 Å². The number of hydrogen-bond donors (Lipinski definition) is 3. The van der Waals surface area contributed by atoms with E-state index in [1.807, 2.05) is 0 Å². The minimum absolute atomic E-state index is 0.0477. The van der Waals surface area contributed by atoms with Crippen molar-refractivity contribution in [3.05, 3.63) is 11.1 Å². The molecule has 1 aliphatic carbocycles.